The van der Waals surface area contributed by atoms with E-state index in [0.29, 0.717) is 18.7 Å². The van der Waals surface area contributed by atoms with Gasteiger partial charge in [-0.3, -0.25) is 4.79 Å². The van der Waals surface area contributed by atoms with E-state index in [-0.39, 0.29) is 24.4 Å². The van der Waals surface area contributed by atoms with E-state index >= 15 is 0 Å². The molecule has 0 saturated carbocycles. The Kier molecular flexibility index (Phi) is 4.93. The van der Waals surface area contributed by atoms with Gasteiger partial charge < -0.3 is 15.7 Å². The maximum Gasteiger partial charge on any atom is 0.256 e. The Morgan fingerprint density at radius 3 is 2.59 bits per heavy atom. The lowest BCUT2D eigenvalue weighted by molar-refractivity contribution is -0.139. The average Bonchev–Trinajstić information content (AvgIpc) is 2.75. The first-order valence-electron chi connectivity index (χ1n) is 5.46. The minimum absolute atomic E-state index is 0. The molecular weight excluding hydrogens is 240 g/mol. The number of carbonyl (C=O) groups is 1. The number of aliphatic hydroxyl groups excluding tert-OH is 1. The third kappa shape index (κ3) is 3.19. The number of halogens is 1. The minimum Gasteiger partial charge on any atom is -0.378 e. The molecule has 94 valence electrons. The Hall–Kier alpha value is -1.10. The Morgan fingerprint density at radius 2 is 2.06 bits per heavy atom. The zero-order valence-electron chi connectivity index (χ0n) is 9.45. The topological polar surface area (TPSA) is 66.6 Å². The zero-order chi connectivity index (χ0) is 11.5. The molecular formula is C12H17ClN2O2. The Morgan fingerprint density at radius 1 is 1.41 bits per heavy atom. The first-order valence-corrected chi connectivity index (χ1v) is 5.46. The van der Waals surface area contributed by atoms with Crippen molar-refractivity contribution in [2.75, 3.05) is 13.1 Å². The number of hydrogen-bond donors (Lipinski definition) is 2. The van der Waals surface area contributed by atoms with E-state index in [9.17, 15) is 9.90 Å². The molecule has 17 heavy (non-hydrogen) atoms. The molecule has 3 N–H and O–H groups in total. The maximum atomic E-state index is 11.9. The third-order valence-electron chi connectivity index (χ3n) is 2.89. The molecule has 1 aromatic carbocycles. The van der Waals surface area contributed by atoms with E-state index in [1.165, 1.54) is 0 Å². The lowest BCUT2D eigenvalue weighted by Gasteiger charge is -2.19. The van der Waals surface area contributed by atoms with Crippen molar-refractivity contribution >= 4 is 18.3 Å². The number of rotatable bonds is 2. The summed E-state index contributed by atoms with van der Waals surface area (Å²) in [5, 5.41) is 9.90. The molecule has 1 unspecified atom stereocenters. The Balaban J connectivity index is 0.00000144. The van der Waals surface area contributed by atoms with Crippen LogP contribution in [0.4, 0.5) is 0 Å². The van der Waals surface area contributed by atoms with Crippen molar-refractivity contribution in [1.82, 2.24) is 4.90 Å². The molecule has 1 amide bonds. The number of aliphatic hydroxyl groups is 1. The van der Waals surface area contributed by atoms with E-state index in [4.69, 9.17) is 5.73 Å². The predicted molar refractivity (Wildman–Crippen MR) is 67.8 cm³/mol. The Bertz CT molecular complexity index is 372. The molecule has 0 spiro atoms. The van der Waals surface area contributed by atoms with Crippen molar-refractivity contribution in [2.24, 2.45) is 5.73 Å². The van der Waals surface area contributed by atoms with Gasteiger partial charge in [0, 0.05) is 19.1 Å². The number of amides is 1. The largest absolute Gasteiger partial charge is 0.378 e. The molecule has 1 aromatic rings. The molecule has 0 bridgehead atoms. The van der Waals surface area contributed by atoms with Crippen molar-refractivity contribution in [3.8, 4) is 0 Å². The SMILES string of the molecule is Cl.N[C@@H]1CCN(C(=O)C(O)c2ccccc2)C1. The van der Waals surface area contributed by atoms with Gasteiger partial charge in [-0.15, -0.1) is 12.4 Å². The van der Waals surface area contributed by atoms with Crippen molar-refractivity contribution in [1.29, 1.82) is 0 Å². The van der Waals surface area contributed by atoms with Gasteiger partial charge in [0.05, 0.1) is 0 Å². The first-order chi connectivity index (χ1) is 7.68. The Labute approximate surface area is 107 Å². The summed E-state index contributed by atoms with van der Waals surface area (Å²) >= 11 is 0. The monoisotopic (exact) mass is 256 g/mol. The summed E-state index contributed by atoms with van der Waals surface area (Å²) in [5.74, 6) is -0.251. The van der Waals surface area contributed by atoms with E-state index in [0.717, 1.165) is 6.42 Å². The number of benzene rings is 1. The highest BCUT2D eigenvalue weighted by Crippen LogP contribution is 2.18. The van der Waals surface area contributed by atoms with Crippen molar-refractivity contribution in [3.05, 3.63) is 35.9 Å². The summed E-state index contributed by atoms with van der Waals surface area (Å²) in [6.07, 6.45) is -0.251. The predicted octanol–water partition coefficient (Wildman–Crippen LogP) is 0.701. The quantitative estimate of drug-likeness (QED) is 0.819. The van der Waals surface area contributed by atoms with Gasteiger partial charge in [0.1, 0.15) is 0 Å². The number of nitrogens with two attached hydrogens (primary N) is 1. The van der Waals surface area contributed by atoms with Crippen LogP contribution in [0, 0.1) is 0 Å². The molecule has 1 saturated heterocycles. The summed E-state index contributed by atoms with van der Waals surface area (Å²) in [6, 6.07) is 9.01. The number of hydrogen-bond acceptors (Lipinski definition) is 3. The van der Waals surface area contributed by atoms with E-state index in [2.05, 4.69) is 0 Å². The van der Waals surface area contributed by atoms with Gasteiger partial charge in [-0.2, -0.15) is 0 Å². The molecule has 2 rings (SSSR count). The fourth-order valence-corrected chi connectivity index (χ4v) is 1.94. The second-order valence-electron chi connectivity index (χ2n) is 4.15. The van der Waals surface area contributed by atoms with Crippen LogP contribution >= 0.6 is 12.4 Å². The molecule has 1 heterocycles. The summed E-state index contributed by atoms with van der Waals surface area (Å²) in [5.41, 5.74) is 6.36. The lowest BCUT2D eigenvalue weighted by Crippen LogP contribution is -2.35. The number of carbonyl (C=O) groups excluding carboxylic acids is 1. The summed E-state index contributed by atoms with van der Waals surface area (Å²) in [6.45, 7) is 1.19. The van der Waals surface area contributed by atoms with E-state index in [1.807, 2.05) is 18.2 Å². The van der Waals surface area contributed by atoms with Gasteiger partial charge in [0.25, 0.3) is 5.91 Å². The van der Waals surface area contributed by atoms with Crippen LogP contribution in [-0.2, 0) is 4.79 Å². The summed E-state index contributed by atoms with van der Waals surface area (Å²) in [4.78, 5) is 13.5. The van der Waals surface area contributed by atoms with Crippen LogP contribution in [0.15, 0.2) is 30.3 Å². The molecule has 2 atom stereocenters. The van der Waals surface area contributed by atoms with Crippen LogP contribution in [-0.4, -0.2) is 35.0 Å². The molecule has 0 radical (unpaired) electrons. The van der Waals surface area contributed by atoms with Crippen molar-refractivity contribution in [2.45, 2.75) is 18.6 Å². The minimum atomic E-state index is -1.06. The van der Waals surface area contributed by atoms with Gasteiger partial charge in [-0.1, -0.05) is 30.3 Å². The van der Waals surface area contributed by atoms with Crippen LogP contribution in [0.5, 0.6) is 0 Å². The summed E-state index contributed by atoms with van der Waals surface area (Å²) in [7, 11) is 0. The normalized spacial score (nSPS) is 20.8. The molecule has 1 fully saturated rings. The fraction of sp³-hybridized carbons (Fsp3) is 0.417. The number of nitrogens with zero attached hydrogens (tertiary/aromatic N) is 1. The van der Waals surface area contributed by atoms with Crippen molar-refractivity contribution in [3.63, 3.8) is 0 Å². The highest BCUT2D eigenvalue weighted by Gasteiger charge is 2.28. The second kappa shape index (κ2) is 6.00. The van der Waals surface area contributed by atoms with Crippen LogP contribution in [0.1, 0.15) is 18.1 Å². The summed E-state index contributed by atoms with van der Waals surface area (Å²) < 4.78 is 0. The molecule has 0 aliphatic carbocycles. The third-order valence-corrected chi connectivity index (χ3v) is 2.89. The highest BCUT2D eigenvalue weighted by atomic mass is 35.5. The number of likely N-dealkylation sites (tertiary alicyclic amines) is 1. The van der Waals surface area contributed by atoms with Gasteiger partial charge >= 0.3 is 0 Å². The van der Waals surface area contributed by atoms with Gasteiger partial charge in [-0.05, 0) is 12.0 Å². The highest BCUT2D eigenvalue weighted by molar-refractivity contribution is 5.85. The standard InChI is InChI=1S/C12H16N2O2.ClH/c13-10-6-7-14(8-10)12(16)11(15)9-4-2-1-3-5-9;/h1-5,10-11,15H,6-8,13H2;1H/t10-,11?;/m1./s1. The van der Waals surface area contributed by atoms with Crippen LogP contribution in [0.25, 0.3) is 0 Å². The van der Waals surface area contributed by atoms with Gasteiger partial charge in [0.2, 0.25) is 0 Å². The van der Waals surface area contributed by atoms with Crippen molar-refractivity contribution < 1.29 is 9.90 Å². The maximum absolute atomic E-state index is 11.9. The van der Waals surface area contributed by atoms with E-state index < -0.39 is 6.10 Å². The smallest absolute Gasteiger partial charge is 0.256 e. The molecule has 1 aliphatic heterocycles. The van der Waals surface area contributed by atoms with Crippen LogP contribution in [0.2, 0.25) is 0 Å². The van der Waals surface area contributed by atoms with Crippen LogP contribution in [0.3, 0.4) is 0 Å². The molecule has 4 nitrogen and oxygen atoms in total. The van der Waals surface area contributed by atoms with Crippen LogP contribution < -0.4 is 5.73 Å². The van der Waals surface area contributed by atoms with E-state index in [1.54, 1.807) is 17.0 Å². The lowest BCUT2D eigenvalue weighted by atomic mass is 10.1. The molecule has 1 aliphatic rings. The second-order valence-corrected chi connectivity index (χ2v) is 4.15. The zero-order valence-corrected chi connectivity index (χ0v) is 10.3. The molecule has 5 heteroatoms. The van der Waals surface area contributed by atoms with Gasteiger partial charge in [-0.25, -0.2) is 0 Å². The first kappa shape index (κ1) is 14.0. The molecule has 0 aromatic heterocycles. The fourth-order valence-electron chi connectivity index (χ4n) is 1.94. The average molecular weight is 257 g/mol. The van der Waals surface area contributed by atoms with Gasteiger partial charge in [0.15, 0.2) is 6.10 Å².